The van der Waals surface area contributed by atoms with Gasteiger partial charge >= 0.3 is 0 Å². The summed E-state index contributed by atoms with van der Waals surface area (Å²) in [6, 6.07) is 17.9. The van der Waals surface area contributed by atoms with E-state index in [1.165, 1.54) is 5.56 Å². The smallest absolute Gasteiger partial charge is 0.175 e. The highest BCUT2D eigenvalue weighted by molar-refractivity contribution is 7.68. The van der Waals surface area contributed by atoms with Gasteiger partial charge in [0.2, 0.25) is 0 Å². The van der Waals surface area contributed by atoms with Gasteiger partial charge in [0.15, 0.2) is 7.29 Å². The van der Waals surface area contributed by atoms with Gasteiger partial charge in [-0.2, -0.15) is 0 Å². The first-order valence-electron chi connectivity index (χ1n) is 9.07. The summed E-state index contributed by atoms with van der Waals surface area (Å²) in [4.78, 5) is 0. The molecule has 4 nitrogen and oxygen atoms in total. The zero-order chi connectivity index (χ0) is 19.2. The Bertz CT molecular complexity index is 753. The summed E-state index contributed by atoms with van der Waals surface area (Å²) in [6.07, 6.45) is 0. The number of ether oxygens (including phenoxy) is 1. The van der Waals surface area contributed by atoms with Crippen molar-refractivity contribution < 1.29 is 37.8 Å². The van der Waals surface area contributed by atoms with E-state index in [1.807, 2.05) is 60.8 Å². The van der Waals surface area contributed by atoms with Gasteiger partial charge in [0, 0.05) is 12.0 Å². The lowest BCUT2D eigenvalue weighted by atomic mass is 10.2. The van der Waals surface area contributed by atoms with Gasteiger partial charge in [-0.05, 0) is 31.7 Å². The Labute approximate surface area is 181 Å². The Kier molecular flexibility index (Phi) is 9.49. The summed E-state index contributed by atoms with van der Waals surface area (Å²) in [6.45, 7) is 7.18. The molecular weight excluding hydrogens is 470 g/mol. The Balaban J connectivity index is 0.00000364. The number of nitrogens with zero attached hydrogens (tertiary/aromatic N) is 2. The molecule has 0 bridgehead atoms. The quantitative estimate of drug-likeness (QED) is 0.286. The van der Waals surface area contributed by atoms with E-state index in [9.17, 15) is 4.57 Å². The molecule has 2 aromatic carbocycles. The fourth-order valence-corrected chi connectivity index (χ4v) is 4.33. The summed E-state index contributed by atoms with van der Waals surface area (Å²) in [5.41, 5.74) is 1.21. The second-order valence-corrected chi connectivity index (χ2v) is 10.6. The molecule has 0 N–H and O–H groups in total. The summed E-state index contributed by atoms with van der Waals surface area (Å²) in [5, 5.41) is 0.913. The molecule has 0 aliphatic heterocycles. The number of quaternary nitrogens is 1. The van der Waals surface area contributed by atoms with Gasteiger partial charge in [-0.1, -0.05) is 42.5 Å². The summed E-state index contributed by atoms with van der Waals surface area (Å²) >= 11 is 0. The fraction of sp³-hybridized carbons (Fsp3) is 0.429. The van der Waals surface area contributed by atoms with Crippen molar-refractivity contribution >= 4 is 12.6 Å². The lowest BCUT2D eigenvalue weighted by molar-refractivity contribution is -0.889. The van der Waals surface area contributed by atoms with Crippen molar-refractivity contribution in [2.45, 2.75) is 6.92 Å². The van der Waals surface area contributed by atoms with Crippen molar-refractivity contribution in [3.63, 3.8) is 0 Å². The Morgan fingerprint density at radius 1 is 1.04 bits per heavy atom. The maximum Gasteiger partial charge on any atom is 0.175 e. The molecular formula is C21H32IN2O2P. The largest absolute Gasteiger partial charge is 1.00 e. The molecule has 0 aromatic heterocycles. The third-order valence-corrected chi connectivity index (χ3v) is 7.63. The molecule has 0 aliphatic rings. The second kappa shape index (κ2) is 10.6. The molecule has 0 aliphatic carbocycles. The van der Waals surface area contributed by atoms with Crippen molar-refractivity contribution in [2.75, 3.05) is 54.0 Å². The predicted molar refractivity (Wildman–Crippen MR) is 111 cm³/mol. The highest BCUT2D eigenvalue weighted by Crippen LogP contribution is 2.42. The van der Waals surface area contributed by atoms with E-state index in [2.05, 4.69) is 33.2 Å². The maximum atomic E-state index is 13.2. The first kappa shape index (κ1) is 24.2. The third kappa shape index (κ3) is 7.57. The molecule has 2 rings (SSSR count). The summed E-state index contributed by atoms with van der Waals surface area (Å²) in [5.74, 6) is 0.921. The van der Waals surface area contributed by atoms with E-state index in [1.54, 1.807) is 0 Å². The number of halogens is 1. The van der Waals surface area contributed by atoms with Gasteiger partial charge in [-0.15, -0.1) is 0 Å². The van der Waals surface area contributed by atoms with Crippen molar-refractivity contribution in [1.29, 1.82) is 0 Å². The summed E-state index contributed by atoms with van der Waals surface area (Å²) in [7, 11) is 3.83. The normalized spacial score (nSPS) is 13.7. The lowest BCUT2D eigenvalue weighted by Crippen LogP contribution is -3.00. The van der Waals surface area contributed by atoms with Crippen LogP contribution in [0.25, 0.3) is 0 Å². The van der Waals surface area contributed by atoms with Gasteiger partial charge in [-0.25, -0.2) is 4.67 Å². The molecule has 0 radical (unpaired) electrons. The molecule has 2 aromatic rings. The van der Waals surface area contributed by atoms with Crippen molar-refractivity contribution in [1.82, 2.24) is 4.67 Å². The number of rotatable bonds is 9. The van der Waals surface area contributed by atoms with E-state index in [0.29, 0.717) is 6.61 Å². The molecule has 0 fully saturated rings. The van der Waals surface area contributed by atoms with Crippen LogP contribution in [0.5, 0.6) is 5.75 Å². The number of aryl methyl sites for hydroxylation is 1. The van der Waals surface area contributed by atoms with Crippen LogP contribution in [0.4, 0.5) is 0 Å². The molecule has 0 spiro atoms. The molecule has 0 saturated carbocycles. The number of likely N-dealkylation sites (N-methyl/N-ethyl adjacent to an activating group) is 2. The van der Waals surface area contributed by atoms with Crippen LogP contribution < -0.4 is 34.0 Å². The monoisotopic (exact) mass is 502 g/mol. The molecule has 0 amide bonds. The zero-order valence-electron chi connectivity index (χ0n) is 17.1. The molecule has 0 heterocycles. The molecule has 27 heavy (non-hydrogen) atoms. The number of hydrogen-bond acceptors (Lipinski definition) is 2. The highest BCUT2D eigenvalue weighted by Gasteiger charge is 2.26. The van der Waals surface area contributed by atoms with E-state index < -0.39 is 7.29 Å². The average Bonchev–Trinajstić information content (AvgIpc) is 2.60. The number of benzene rings is 2. The van der Waals surface area contributed by atoms with Crippen molar-refractivity contribution in [3.8, 4) is 5.75 Å². The Morgan fingerprint density at radius 2 is 1.70 bits per heavy atom. The van der Waals surface area contributed by atoms with E-state index >= 15 is 0 Å². The zero-order valence-corrected chi connectivity index (χ0v) is 20.1. The minimum Gasteiger partial charge on any atom is -1.00 e. The van der Waals surface area contributed by atoms with Gasteiger partial charge in [0.25, 0.3) is 0 Å². The van der Waals surface area contributed by atoms with Crippen LogP contribution in [0.2, 0.25) is 0 Å². The minimum atomic E-state index is -2.51. The van der Waals surface area contributed by atoms with Crippen LogP contribution in [0.1, 0.15) is 5.56 Å². The maximum absolute atomic E-state index is 13.2. The van der Waals surface area contributed by atoms with Crippen LogP contribution >= 0.6 is 7.29 Å². The van der Waals surface area contributed by atoms with Gasteiger partial charge < -0.3 is 37.8 Å². The first-order chi connectivity index (χ1) is 12.2. The van der Waals surface area contributed by atoms with Crippen LogP contribution in [0.15, 0.2) is 54.6 Å². The van der Waals surface area contributed by atoms with Gasteiger partial charge in [-0.3, -0.25) is 0 Å². The van der Waals surface area contributed by atoms with Crippen LogP contribution in [-0.4, -0.2) is 63.2 Å². The van der Waals surface area contributed by atoms with Crippen molar-refractivity contribution in [2.24, 2.45) is 0 Å². The average molecular weight is 502 g/mol. The minimum absolute atomic E-state index is 0. The molecule has 1 atom stereocenters. The molecule has 150 valence electrons. The molecule has 1 unspecified atom stereocenters. The van der Waals surface area contributed by atoms with Crippen LogP contribution in [-0.2, 0) is 4.57 Å². The fourth-order valence-electron chi connectivity index (χ4n) is 2.74. The second-order valence-electron chi connectivity index (χ2n) is 7.64. The Morgan fingerprint density at radius 3 is 2.33 bits per heavy atom. The lowest BCUT2D eigenvalue weighted by Gasteiger charge is -2.33. The predicted octanol–water partition coefficient (Wildman–Crippen LogP) is 0.619. The van der Waals surface area contributed by atoms with Crippen molar-refractivity contribution in [3.05, 3.63) is 60.2 Å². The van der Waals surface area contributed by atoms with Gasteiger partial charge in [0.05, 0.1) is 27.2 Å². The summed E-state index contributed by atoms with van der Waals surface area (Å²) < 4.78 is 21.9. The Hall–Kier alpha value is -0.880. The van der Waals surface area contributed by atoms with Crippen LogP contribution in [0.3, 0.4) is 0 Å². The highest BCUT2D eigenvalue weighted by atomic mass is 127. The van der Waals surface area contributed by atoms with Crippen LogP contribution in [0, 0.1) is 6.92 Å². The molecule has 6 heteroatoms. The SMILES string of the molecule is Cc1cccc(OCC[N+](C)(C)CCN(C)P(C)(=O)c2ccccc2)c1.[I-]. The number of hydrogen-bond donors (Lipinski definition) is 0. The first-order valence-corrected chi connectivity index (χ1v) is 11.2. The topological polar surface area (TPSA) is 29.5 Å². The van der Waals surface area contributed by atoms with Gasteiger partial charge in [0.1, 0.15) is 18.9 Å². The van der Waals surface area contributed by atoms with E-state index in [-0.39, 0.29) is 24.0 Å². The standard InChI is InChI=1S/C21H32N2O2P.HI/c1-19-10-9-11-20(18-19)25-17-16-23(3,4)15-14-22(2)26(5,24)21-12-7-6-8-13-21;/h6-13,18H,14-17H2,1-5H3;1H/q+1;/p-1. The van der Waals surface area contributed by atoms with E-state index in [0.717, 1.165) is 35.2 Å². The molecule has 0 saturated heterocycles. The van der Waals surface area contributed by atoms with E-state index in [4.69, 9.17) is 4.74 Å². The third-order valence-electron chi connectivity index (χ3n) is 4.87.